The van der Waals surface area contributed by atoms with Crippen molar-refractivity contribution >= 4 is 29.1 Å². The Morgan fingerprint density at radius 1 is 1.11 bits per heavy atom. The van der Waals surface area contributed by atoms with Crippen LogP contribution in [0.3, 0.4) is 0 Å². The Bertz CT molecular complexity index is 816. The molecule has 2 amide bonds. The van der Waals surface area contributed by atoms with Crippen LogP contribution < -0.4 is 5.32 Å². The third-order valence-corrected chi connectivity index (χ3v) is 4.85. The summed E-state index contributed by atoms with van der Waals surface area (Å²) >= 11 is 5.97. The van der Waals surface area contributed by atoms with Crippen LogP contribution in [0.25, 0.3) is 0 Å². The van der Waals surface area contributed by atoms with E-state index >= 15 is 0 Å². The fourth-order valence-corrected chi connectivity index (χ4v) is 3.00. The maximum Gasteiger partial charge on any atom is 0.239 e. The Morgan fingerprint density at radius 2 is 1.74 bits per heavy atom. The molecule has 0 aliphatic carbocycles. The van der Waals surface area contributed by atoms with Gasteiger partial charge in [-0.15, -0.1) is 0 Å². The summed E-state index contributed by atoms with van der Waals surface area (Å²) < 4.78 is 0. The number of nitrogens with zero attached hydrogens (tertiary/aromatic N) is 1. The molecular weight excluding hydrogens is 360 g/mol. The molecule has 0 aliphatic rings. The Hall–Kier alpha value is -2.33. The van der Waals surface area contributed by atoms with Crippen molar-refractivity contribution in [2.45, 2.75) is 47.2 Å². The van der Waals surface area contributed by atoms with Crippen molar-refractivity contribution in [1.82, 2.24) is 4.90 Å². The van der Waals surface area contributed by atoms with Crippen LogP contribution >= 0.6 is 11.6 Å². The zero-order valence-electron chi connectivity index (χ0n) is 16.5. The van der Waals surface area contributed by atoms with Gasteiger partial charge in [-0.05, 0) is 63.9 Å². The van der Waals surface area contributed by atoms with E-state index in [1.165, 1.54) is 0 Å². The zero-order chi connectivity index (χ0) is 20.2. The lowest BCUT2D eigenvalue weighted by molar-refractivity contribution is -0.148. The number of amides is 2. The highest BCUT2D eigenvalue weighted by Crippen LogP contribution is 2.26. The van der Waals surface area contributed by atoms with Crippen LogP contribution in [0.1, 0.15) is 38.8 Å². The van der Waals surface area contributed by atoms with E-state index in [2.05, 4.69) is 5.32 Å². The van der Waals surface area contributed by atoms with Crippen LogP contribution in [0.5, 0.6) is 0 Å². The van der Waals surface area contributed by atoms with Crippen LogP contribution in [-0.4, -0.2) is 22.8 Å². The van der Waals surface area contributed by atoms with Crippen LogP contribution in [0.15, 0.2) is 48.5 Å². The molecule has 0 saturated heterocycles. The Balaban J connectivity index is 2.20. The lowest BCUT2D eigenvalue weighted by atomic mass is 9.89. The number of hydrogen-bond acceptors (Lipinski definition) is 2. The second-order valence-corrected chi connectivity index (χ2v) is 7.99. The summed E-state index contributed by atoms with van der Waals surface area (Å²) in [6, 6.07) is 15.0. The van der Waals surface area contributed by atoms with Gasteiger partial charge in [0, 0.05) is 23.3 Å². The van der Waals surface area contributed by atoms with Gasteiger partial charge in [0.05, 0.1) is 0 Å². The van der Waals surface area contributed by atoms with Gasteiger partial charge in [0.2, 0.25) is 11.8 Å². The summed E-state index contributed by atoms with van der Waals surface area (Å²) in [7, 11) is 0. The van der Waals surface area contributed by atoms with Gasteiger partial charge >= 0.3 is 0 Å². The monoisotopic (exact) mass is 386 g/mol. The summed E-state index contributed by atoms with van der Waals surface area (Å²) in [6.45, 7) is 9.57. The number of anilines is 1. The molecule has 4 nitrogen and oxygen atoms in total. The fourth-order valence-electron chi connectivity index (χ4n) is 2.77. The predicted molar refractivity (Wildman–Crippen MR) is 111 cm³/mol. The molecule has 0 bridgehead atoms. The van der Waals surface area contributed by atoms with Gasteiger partial charge in [-0.1, -0.05) is 41.9 Å². The standard InChI is InChI=1S/C22H27ClN2O2/c1-15(2)25(14-17-9-7-6-8-10-17)21(27)22(4,5)20(26)24-19-12-11-18(23)13-16(19)3/h6-13,15H,14H2,1-5H3,(H,24,26). The van der Waals surface area contributed by atoms with Crippen LogP contribution in [0.4, 0.5) is 5.69 Å². The van der Waals surface area contributed by atoms with E-state index in [4.69, 9.17) is 11.6 Å². The first kappa shape index (κ1) is 21.0. The fraction of sp³-hybridized carbons (Fsp3) is 0.364. The number of aryl methyl sites for hydroxylation is 1. The second kappa shape index (κ2) is 8.57. The highest BCUT2D eigenvalue weighted by molar-refractivity contribution is 6.30. The zero-order valence-corrected chi connectivity index (χ0v) is 17.3. The van der Waals surface area contributed by atoms with E-state index in [0.29, 0.717) is 17.3 Å². The predicted octanol–water partition coefficient (Wildman–Crippen LogP) is 5.05. The highest BCUT2D eigenvalue weighted by Gasteiger charge is 2.40. The smallest absolute Gasteiger partial charge is 0.239 e. The Kier molecular flexibility index (Phi) is 6.66. The highest BCUT2D eigenvalue weighted by atomic mass is 35.5. The number of halogens is 1. The van der Waals surface area contributed by atoms with Crippen molar-refractivity contribution in [3.05, 3.63) is 64.7 Å². The van der Waals surface area contributed by atoms with Crippen LogP contribution in [0, 0.1) is 12.3 Å². The van der Waals surface area contributed by atoms with E-state index < -0.39 is 5.41 Å². The molecular formula is C22H27ClN2O2. The first-order valence-electron chi connectivity index (χ1n) is 9.05. The number of hydrogen-bond donors (Lipinski definition) is 1. The molecule has 2 aromatic carbocycles. The van der Waals surface area contributed by atoms with E-state index in [1.807, 2.05) is 51.1 Å². The molecule has 0 radical (unpaired) electrons. The minimum atomic E-state index is -1.20. The molecule has 0 atom stereocenters. The molecule has 144 valence electrons. The molecule has 0 saturated carbocycles. The van der Waals surface area contributed by atoms with E-state index in [1.54, 1.807) is 36.9 Å². The molecule has 0 unspecified atom stereocenters. The van der Waals surface area contributed by atoms with Gasteiger partial charge in [0.25, 0.3) is 0 Å². The minimum absolute atomic E-state index is 0.0259. The number of carbonyl (C=O) groups is 2. The normalized spacial score (nSPS) is 11.4. The molecule has 0 aliphatic heterocycles. The molecule has 0 fully saturated rings. The van der Waals surface area contributed by atoms with Gasteiger partial charge in [-0.25, -0.2) is 0 Å². The largest absolute Gasteiger partial charge is 0.335 e. The van der Waals surface area contributed by atoms with Gasteiger partial charge in [-0.3, -0.25) is 9.59 Å². The van der Waals surface area contributed by atoms with E-state index in [0.717, 1.165) is 11.1 Å². The summed E-state index contributed by atoms with van der Waals surface area (Å²) in [6.07, 6.45) is 0. The maximum absolute atomic E-state index is 13.2. The number of benzene rings is 2. The Morgan fingerprint density at radius 3 is 2.30 bits per heavy atom. The van der Waals surface area contributed by atoms with Crippen LogP contribution in [0.2, 0.25) is 5.02 Å². The number of carbonyl (C=O) groups excluding carboxylic acids is 2. The molecule has 5 heteroatoms. The van der Waals surface area contributed by atoms with Crippen molar-refractivity contribution in [3.63, 3.8) is 0 Å². The molecule has 0 aromatic heterocycles. The SMILES string of the molecule is Cc1cc(Cl)ccc1NC(=O)C(C)(C)C(=O)N(Cc1ccccc1)C(C)C. The van der Waals surface area contributed by atoms with Crippen LogP contribution in [-0.2, 0) is 16.1 Å². The van der Waals surface area contributed by atoms with Crippen molar-refractivity contribution in [2.24, 2.45) is 5.41 Å². The second-order valence-electron chi connectivity index (χ2n) is 7.55. The van der Waals surface area contributed by atoms with Gasteiger partial charge < -0.3 is 10.2 Å². The minimum Gasteiger partial charge on any atom is -0.335 e. The summed E-state index contributed by atoms with van der Waals surface area (Å²) in [5, 5.41) is 3.48. The number of rotatable bonds is 6. The lowest BCUT2D eigenvalue weighted by Crippen LogP contribution is -2.49. The molecule has 2 rings (SSSR count). The molecule has 1 N–H and O–H groups in total. The summed E-state index contributed by atoms with van der Waals surface area (Å²) in [5.41, 5.74) is 1.34. The van der Waals surface area contributed by atoms with Crippen molar-refractivity contribution in [2.75, 3.05) is 5.32 Å². The third-order valence-electron chi connectivity index (χ3n) is 4.62. The number of nitrogens with one attached hydrogen (secondary N) is 1. The van der Waals surface area contributed by atoms with Crippen molar-refractivity contribution in [1.29, 1.82) is 0 Å². The van der Waals surface area contributed by atoms with Gasteiger partial charge in [-0.2, -0.15) is 0 Å². The van der Waals surface area contributed by atoms with Crippen molar-refractivity contribution < 1.29 is 9.59 Å². The van der Waals surface area contributed by atoms with Gasteiger partial charge in [0.1, 0.15) is 5.41 Å². The molecule has 27 heavy (non-hydrogen) atoms. The average Bonchev–Trinajstić information content (AvgIpc) is 2.62. The molecule has 2 aromatic rings. The average molecular weight is 387 g/mol. The van der Waals surface area contributed by atoms with E-state index in [9.17, 15) is 9.59 Å². The molecule has 0 heterocycles. The topological polar surface area (TPSA) is 49.4 Å². The first-order valence-corrected chi connectivity index (χ1v) is 9.43. The van der Waals surface area contributed by atoms with E-state index in [-0.39, 0.29) is 17.9 Å². The summed E-state index contributed by atoms with van der Waals surface area (Å²) in [4.78, 5) is 27.9. The third kappa shape index (κ3) is 5.10. The first-order chi connectivity index (χ1) is 12.6. The summed E-state index contributed by atoms with van der Waals surface area (Å²) in [5.74, 6) is -0.540. The molecule has 0 spiro atoms. The maximum atomic E-state index is 13.2. The quantitative estimate of drug-likeness (QED) is 0.706. The van der Waals surface area contributed by atoms with Crippen molar-refractivity contribution in [3.8, 4) is 0 Å². The Labute approximate surface area is 166 Å². The van der Waals surface area contributed by atoms with Gasteiger partial charge in [0.15, 0.2) is 0 Å². The lowest BCUT2D eigenvalue weighted by Gasteiger charge is -2.34.